The third-order valence-electron chi connectivity index (χ3n) is 7.97. The van der Waals surface area contributed by atoms with Crippen LogP contribution in [0, 0.1) is 11.3 Å². The van der Waals surface area contributed by atoms with E-state index < -0.39 is 0 Å². The normalized spacial score (nSPS) is 16.9. The molecule has 8 nitrogen and oxygen atoms in total. The molecular weight excluding hydrogens is 462 g/mol. The van der Waals surface area contributed by atoms with Crippen molar-refractivity contribution >= 4 is 22.5 Å². The Morgan fingerprint density at radius 1 is 1.11 bits per heavy atom. The van der Waals surface area contributed by atoms with Gasteiger partial charge in [-0.1, -0.05) is 32.0 Å². The van der Waals surface area contributed by atoms with Crippen LogP contribution < -0.4 is 5.32 Å². The van der Waals surface area contributed by atoms with Crippen LogP contribution in [-0.4, -0.2) is 44.7 Å². The number of anilines is 2. The van der Waals surface area contributed by atoms with E-state index in [4.69, 9.17) is 14.7 Å². The van der Waals surface area contributed by atoms with Gasteiger partial charge in [0.05, 0.1) is 40.0 Å². The first-order chi connectivity index (χ1) is 17.9. The summed E-state index contributed by atoms with van der Waals surface area (Å²) in [4.78, 5) is 16.9. The van der Waals surface area contributed by atoms with Gasteiger partial charge in [-0.15, -0.1) is 0 Å². The molecule has 0 unspecified atom stereocenters. The summed E-state index contributed by atoms with van der Waals surface area (Å²) in [6.45, 7) is 6.64. The molecule has 6 rings (SSSR count). The molecular formula is C29H31N7O. The molecule has 0 saturated carbocycles. The second-order valence-corrected chi connectivity index (χ2v) is 10.4. The summed E-state index contributed by atoms with van der Waals surface area (Å²) in [5.74, 6) is 0.925. The minimum atomic E-state index is 0.0113. The van der Waals surface area contributed by atoms with E-state index in [9.17, 15) is 5.26 Å². The van der Waals surface area contributed by atoms with Gasteiger partial charge >= 0.3 is 0 Å². The maximum Gasteiger partial charge on any atom is 0.164 e. The van der Waals surface area contributed by atoms with Crippen molar-refractivity contribution < 1.29 is 4.74 Å². The largest absolute Gasteiger partial charge is 0.381 e. The maximum atomic E-state index is 10.1. The Bertz CT molecular complexity index is 1540. The van der Waals surface area contributed by atoms with Crippen LogP contribution in [-0.2, 0) is 23.9 Å². The van der Waals surface area contributed by atoms with E-state index in [1.165, 1.54) is 5.56 Å². The molecule has 0 bridgehead atoms. The number of para-hydroxylation sites is 1. The van der Waals surface area contributed by atoms with E-state index in [2.05, 4.69) is 48.2 Å². The predicted octanol–water partition coefficient (Wildman–Crippen LogP) is 5.22. The highest BCUT2D eigenvalue weighted by Crippen LogP contribution is 2.45. The van der Waals surface area contributed by atoms with Gasteiger partial charge in [0.15, 0.2) is 5.69 Å². The number of nitrogens with one attached hydrogen (secondary N) is 1. The molecule has 0 radical (unpaired) electrons. The van der Waals surface area contributed by atoms with Gasteiger partial charge < -0.3 is 14.6 Å². The highest BCUT2D eigenvalue weighted by Gasteiger charge is 2.44. The summed E-state index contributed by atoms with van der Waals surface area (Å²) in [6.07, 6.45) is 3.77. The van der Waals surface area contributed by atoms with Crippen LogP contribution in [0.5, 0.6) is 0 Å². The number of imidazole rings is 1. The number of rotatable bonds is 4. The van der Waals surface area contributed by atoms with Crippen LogP contribution in [0.4, 0.5) is 11.5 Å². The van der Waals surface area contributed by atoms with Crippen molar-refractivity contribution in [3.05, 3.63) is 65.2 Å². The van der Waals surface area contributed by atoms with E-state index in [1.54, 1.807) is 0 Å². The predicted molar refractivity (Wildman–Crippen MR) is 143 cm³/mol. The van der Waals surface area contributed by atoms with Gasteiger partial charge in [-0.2, -0.15) is 5.26 Å². The molecule has 188 valence electrons. The Hall–Kier alpha value is -3.80. The SMILES string of the molecule is CC(C)c1cc(Nc2ccc3c(n2)CN(C)C32CCOCC2)c(C#N)nc1-c1cccc2c1ncn2C. The molecule has 1 fully saturated rings. The number of nitrogens with zero attached hydrogens (tertiary/aromatic N) is 6. The van der Waals surface area contributed by atoms with Crippen molar-refractivity contribution in [1.82, 2.24) is 24.4 Å². The van der Waals surface area contributed by atoms with Crippen LogP contribution in [0.25, 0.3) is 22.3 Å². The zero-order valence-electron chi connectivity index (χ0n) is 21.7. The number of aryl methyl sites for hydroxylation is 1. The maximum absolute atomic E-state index is 10.1. The number of ether oxygens (including phenoxy) is 1. The quantitative estimate of drug-likeness (QED) is 0.417. The fourth-order valence-corrected chi connectivity index (χ4v) is 5.91. The number of aromatic nitrogens is 4. The van der Waals surface area contributed by atoms with Crippen LogP contribution in [0.1, 0.15) is 55.1 Å². The lowest BCUT2D eigenvalue weighted by atomic mass is 9.84. The summed E-state index contributed by atoms with van der Waals surface area (Å²) in [6, 6.07) is 14.7. The molecule has 5 heterocycles. The number of nitriles is 1. The van der Waals surface area contributed by atoms with Crippen molar-refractivity contribution in [2.24, 2.45) is 7.05 Å². The Morgan fingerprint density at radius 3 is 2.68 bits per heavy atom. The number of hydrogen-bond acceptors (Lipinski definition) is 7. The second-order valence-electron chi connectivity index (χ2n) is 10.4. The average molecular weight is 494 g/mol. The Labute approximate surface area is 216 Å². The van der Waals surface area contributed by atoms with E-state index >= 15 is 0 Å². The Kier molecular flexibility index (Phi) is 5.70. The summed E-state index contributed by atoms with van der Waals surface area (Å²) in [7, 11) is 4.16. The smallest absolute Gasteiger partial charge is 0.164 e. The number of benzene rings is 1. The van der Waals surface area contributed by atoms with Crippen molar-refractivity contribution in [1.29, 1.82) is 5.26 Å². The van der Waals surface area contributed by atoms with Crippen LogP contribution in [0.2, 0.25) is 0 Å². The average Bonchev–Trinajstić information content (AvgIpc) is 3.41. The first-order valence-corrected chi connectivity index (χ1v) is 12.8. The van der Waals surface area contributed by atoms with Gasteiger partial charge in [0.1, 0.15) is 11.9 Å². The summed E-state index contributed by atoms with van der Waals surface area (Å²) < 4.78 is 7.64. The topological polar surface area (TPSA) is 91.9 Å². The molecule has 3 aromatic heterocycles. The molecule has 1 spiro atoms. The van der Waals surface area contributed by atoms with E-state index in [0.29, 0.717) is 11.4 Å². The molecule has 4 aromatic rings. The van der Waals surface area contributed by atoms with Crippen LogP contribution in [0.3, 0.4) is 0 Å². The first kappa shape index (κ1) is 23.6. The molecule has 8 heteroatoms. The van der Waals surface area contributed by atoms with Crippen molar-refractivity contribution in [3.8, 4) is 17.3 Å². The number of hydrogen-bond donors (Lipinski definition) is 1. The summed E-state index contributed by atoms with van der Waals surface area (Å²) in [5.41, 5.74) is 8.11. The molecule has 1 aromatic carbocycles. The second kappa shape index (κ2) is 8.94. The minimum absolute atomic E-state index is 0.0113. The fraction of sp³-hybridized carbons (Fsp3) is 0.379. The van der Waals surface area contributed by atoms with Crippen LogP contribution in [0.15, 0.2) is 42.7 Å². The molecule has 2 aliphatic rings. The molecule has 0 aliphatic carbocycles. The standard InChI is InChI=1S/C29H31N7O/c1-18(2)20-14-22(23(15-30)34-27(20)19-6-5-7-25-28(19)31-17-35(25)3)32-26-9-8-21-24(33-26)16-36(4)29(21)10-12-37-13-11-29/h5-9,14,17-18H,10-13,16H2,1-4H3,(H,32,33). The number of fused-ring (bicyclic) bond motifs is 3. The monoisotopic (exact) mass is 493 g/mol. The van der Waals surface area contributed by atoms with Gasteiger partial charge in [-0.05, 0) is 55.1 Å². The third-order valence-corrected chi connectivity index (χ3v) is 7.97. The zero-order chi connectivity index (χ0) is 25.7. The van der Waals surface area contributed by atoms with Crippen molar-refractivity contribution in [2.45, 2.75) is 44.7 Å². The Morgan fingerprint density at radius 2 is 1.92 bits per heavy atom. The van der Waals surface area contributed by atoms with Gasteiger partial charge in [0.2, 0.25) is 0 Å². The molecule has 1 saturated heterocycles. The zero-order valence-corrected chi connectivity index (χ0v) is 21.7. The minimum Gasteiger partial charge on any atom is -0.381 e. The van der Waals surface area contributed by atoms with Gasteiger partial charge in [0, 0.05) is 32.4 Å². The van der Waals surface area contributed by atoms with E-state index in [0.717, 1.165) is 72.0 Å². The lowest BCUT2D eigenvalue weighted by Gasteiger charge is -2.40. The van der Waals surface area contributed by atoms with Gasteiger partial charge in [-0.3, -0.25) is 4.90 Å². The molecule has 0 amide bonds. The molecule has 0 atom stereocenters. The van der Waals surface area contributed by atoms with E-state index in [-0.39, 0.29) is 11.5 Å². The van der Waals surface area contributed by atoms with Gasteiger partial charge in [0.25, 0.3) is 0 Å². The Balaban J connectivity index is 1.40. The van der Waals surface area contributed by atoms with Crippen LogP contribution >= 0.6 is 0 Å². The highest BCUT2D eigenvalue weighted by molar-refractivity contribution is 5.92. The summed E-state index contributed by atoms with van der Waals surface area (Å²) in [5, 5.41) is 13.5. The molecule has 2 aliphatic heterocycles. The summed E-state index contributed by atoms with van der Waals surface area (Å²) >= 11 is 0. The fourth-order valence-electron chi connectivity index (χ4n) is 5.91. The third kappa shape index (κ3) is 3.78. The first-order valence-electron chi connectivity index (χ1n) is 12.8. The van der Waals surface area contributed by atoms with Crippen molar-refractivity contribution in [2.75, 3.05) is 25.6 Å². The highest BCUT2D eigenvalue weighted by atomic mass is 16.5. The van der Waals surface area contributed by atoms with Gasteiger partial charge in [-0.25, -0.2) is 15.0 Å². The lowest BCUT2D eigenvalue weighted by Crippen LogP contribution is -2.43. The van der Waals surface area contributed by atoms with E-state index in [1.807, 2.05) is 48.3 Å². The molecule has 37 heavy (non-hydrogen) atoms. The van der Waals surface area contributed by atoms with Crippen molar-refractivity contribution in [3.63, 3.8) is 0 Å². The number of pyridine rings is 2. The molecule has 1 N–H and O–H groups in total. The lowest BCUT2D eigenvalue weighted by molar-refractivity contribution is -0.0132.